The Hall–Kier alpha value is -1.98. The molecule has 0 spiro atoms. The molecule has 1 atom stereocenters. The quantitative estimate of drug-likeness (QED) is 0.761. The normalized spacial score (nSPS) is 16.3. The molecule has 2 N–H and O–H groups in total. The van der Waals surface area contributed by atoms with Gasteiger partial charge in [-0.15, -0.1) is 0 Å². The van der Waals surface area contributed by atoms with Gasteiger partial charge in [0.2, 0.25) is 5.95 Å². The van der Waals surface area contributed by atoms with Crippen LogP contribution in [0, 0.1) is 11.9 Å². The molecule has 1 fully saturated rings. The topological polar surface area (TPSA) is 79.3 Å². The number of aromatic nitrogens is 1. The highest BCUT2D eigenvalue weighted by atomic mass is 19.1. The van der Waals surface area contributed by atoms with Gasteiger partial charge in [0.25, 0.3) is 5.91 Å². The van der Waals surface area contributed by atoms with Gasteiger partial charge in [0.1, 0.15) is 6.04 Å². The highest BCUT2D eigenvalue weighted by Gasteiger charge is 2.37. The second kappa shape index (κ2) is 4.48. The number of rotatable bonds is 4. The van der Waals surface area contributed by atoms with Crippen molar-refractivity contribution in [1.29, 1.82) is 0 Å². The number of nitrogens with zero attached hydrogens (tertiary/aromatic N) is 1. The van der Waals surface area contributed by atoms with Gasteiger partial charge in [-0.25, -0.2) is 9.78 Å². The molecule has 90 valence electrons. The standard InChI is InChI=1S/C11H11FN2O3/c12-8-5-7(3-4-13-8)10(15)14-9(11(16)17)6-1-2-6/h3-6,9H,1-2H2,(H,14,15)(H,16,17). The third-order valence-electron chi connectivity index (χ3n) is 2.63. The molecule has 17 heavy (non-hydrogen) atoms. The molecule has 1 aromatic heterocycles. The Morgan fingerprint density at radius 2 is 2.24 bits per heavy atom. The van der Waals surface area contributed by atoms with Gasteiger partial charge in [0, 0.05) is 17.8 Å². The van der Waals surface area contributed by atoms with E-state index < -0.39 is 23.9 Å². The van der Waals surface area contributed by atoms with Crippen LogP contribution in [0.5, 0.6) is 0 Å². The van der Waals surface area contributed by atoms with Gasteiger partial charge in [0.15, 0.2) is 0 Å². The summed E-state index contributed by atoms with van der Waals surface area (Å²) in [5.74, 6) is -2.43. The number of nitrogens with one attached hydrogen (secondary N) is 1. The van der Waals surface area contributed by atoms with Crippen molar-refractivity contribution in [2.24, 2.45) is 5.92 Å². The maximum atomic E-state index is 12.8. The number of hydrogen-bond acceptors (Lipinski definition) is 3. The average molecular weight is 238 g/mol. The largest absolute Gasteiger partial charge is 0.480 e. The van der Waals surface area contributed by atoms with Gasteiger partial charge < -0.3 is 10.4 Å². The van der Waals surface area contributed by atoms with E-state index in [2.05, 4.69) is 10.3 Å². The number of carboxylic acid groups (broad SMARTS) is 1. The molecular weight excluding hydrogens is 227 g/mol. The van der Waals surface area contributed by atoms with E-state index in [1.54, 1.807) is 0 Å². The number of carbonyl (C=O) groups excluding carboxylic acids is 1. The second-order valence-electron chi connectivity index (χ2n) is 3.99. The minimum absolute atomic E-state index is 0.0110. The van der Waals surface area contributed by atoms with Crippen LogP contribution in [0.25, 0.3) is 0 Å². The number of amides is 1. The van der Waals surface area contributed by atoms with E-state index in [-0.39, 0.29) is 11.5 Å². The van der Waals surface area contributed by atoms with Crippen molar-refractivity contribution in [2.75, 3.05) is 0 Å². The fourth-order valence-corrected chi connectivity index (χ4v) is 1.58. The van der Waals surface area contributed by atoms with Gasteiger partial charge in [-0.2, -0.15) is 4.39 Å². The highest BCUT2D eigenvalue weighted by Crippen LogP contribution is 2.32. The Morgan fingerprint density at radius 3 is 2.76 bits per heavy atom. The molecule has 1 saturated carbocycles. The van der Waals surface area contributed by atoms with E-state index in [0.29, 0.717) is 0 Å². The fraction of sp³-hybridized carbons (Fsp3) is 0.364. The van der Waals surface area contributed by atoms with E-state index >= 15 is 0 Å². The molecule has 2 rings (SSSR count). The molecule has 1 aromatic rings. The molecule has 1 aliphatic carbocycles. The summed E-state index contributed by atoms with van der Waals surface area (Å²) in [6, 6.07) is 1.42. The molecule has 0 bridgehead atoms. The zero-order chi connectivity index (χ0) is 12.4. The van der Waals surface area contributed by atoms with Gasteiger partial charge in [-0.1, -0.05) is 0 Å². The predicted octanol–water partition coefficient (Wildman–Crippen LogP) is 0.814. The molecule has 1 heterocycles. The Morgan fingerprint density at radius 1 is 1.53 bits per heavy atom. The first-order chi connectivity index (χ1) is 8.08. The molecule has 1 aliphatic rings. The van der Waals surface area contributed by atoms with E-state index in [1.807, 2.05) is 0 Å². The summed E-state index contributed by atoms with van der Waals surface area (Å²) in [5, 5.41) is 11.3. The number of halogens is 1. The third kappa shape index (κ3) is 2.77. The molecule has 1 amide bonds. The van der Waals surface area contributed by atoms with Crippen molar-refractivity contribution in [3.63, 3.8) is 0 Å². The van der Waals surface area contributed by atoms with Crippen molar-refractivity contribution in [3.8, 4) is 0 Å². The van der Waals surface area contributed by atoms with Crippen LogP contribution in [-0.2, 0) is 4.79 Å². The van der Waals surface area contributed by atoms with Crippen molar-refractivity contribution in [3.05, 3.63) is 29.8 Å². The molecule has 0 saturated heterocycles. The van der Waals surface area contributed by atoms with Crippen molar-refractivity contribution < 1.29 is 19.1 Å². The Bertz CT molecular complexity index is 460. The van der Waals surface area contributed by atoms with Crippen molar-refractivity contribution >= 4 is 11.9 Å². The maximum Gasteiger partial charge on any atom is 0.326 e. The summed E-state index contributed by atoms with van der Waals surface area (Å²) in [5.41, 5.74) is 0.0735. The lowest BCUT2D eigenvalue weighted by atomic mass is 10.1. The number of pyridine rings is 1. The van der Waals surface area contributed by atoms with Crippen LogP contribution in [0.15, 0.2) is 18.3 Å². The number of carbonyl (C=O) groups is 2. The first kappa shape index (κ1) is 11.5. The van der Waals surface area contributed by atoms with Gasteiger partial charge >= 0.3 is 5.97 Å². The van der Waals surface area contributed by atoms with Crippen LogP contribution in [0.4, 0.5) is 4.39 Å². The van der Waals surface area contributed by atoms with Gasteiger partial charge in [-0.3, -0.25) is 4.79 Å². The molecule has 6 heteroatoms. The van der Waals surface area contributed by atoms with E-state index in [0.717, 1.165) is 25.1 Å². The van der Waals surface area contributed by atoms with Crippen LogP contribution in [-0.4, -0.2) is 28.0 Å². The summed E-state index contributed by atoms with van der Waals surface area (Å²) in [6.45, 7) is 0. The van der Waals surface area contributed by atoms with Crippen LogP contribution >= 0.6 is 0 Å². The molecule has 1 unspecified atom stereocenters. The van der Waals surface area contributed by atoms with Crippen LogP contribution in [0.3, 0.4) is 0 Å². The van der Waals surface area contributed by atoms with Crippen LogP contribution in [0.2, 0.25) is 0 Å². The minimum atomic E-state index is -1.06. The zero-order valence-corrected chi connectivity index (χ0v) is 8.89. The minimum Gasteiger partial charge on any atom is -0.480 e. The van der Waals surface area contributed by atoms with Crippen molar-refractivity contribution in [1.82, 2.24) is 10.3 Å². The van der Waals surface area contributed by atoms with Crippen LogP contribution in [0.1, 0.15) is 23.2 Å². The summed E-state index contributed by atoms with van der Waals surface area (Å²) in [4.78, 5) is 25.9. The molecular formula is C11H11FN2O3. The summed E-state index contributed by atoms with van der Waals surface area (Å²) in [6.07, 6.45) is 2.75. The van der Waals surface area contributed by atoms with E-state index in [9.17, 15) is 14.0 Å². The van der Waals surface area contributed by atoms with Gasteiger partial charge in [-0.05, 0) is 24.8 Å². The lowest BCUT2D eigenvalue weighted by molar-refractivity contribution is -0.139. The van der Waals surface area contributed by atoms with E-state index in [1.165, 1.54) is 6.07 Å². The lowest BCUT2D eigenvalue weighted by Crippen LogP contribution is -2.42. The Balaban J connectivity index is 2.07. The maximum absolute atomic E-state index is 12.8. The summed E-state index contributed by atoms with van der Waals surface area (Å²) < 4.78 is 12.8. The average Bonchev–Trinajstić information content (AvgIpc) is 3.09. The first-order valence-corrected chi connectivity index (χ1v) is 5.23. The summed E-state index contributed by atoms with van der Waals surface area (Å²) >= 11 is 0. The van der Waals surface area contributed by atoms with Crippen molar-refractivity contribution in [2.45, 2.75) is 18.9 Å². The lowest BCUT2D eigenvalue weighted by Gasteiger charge is -2.13. The predicted molar refractivity (Wildman–Crippen MR) is 55.8 cm³/mol. The van der Waals surface area contributed by atoms with E-state index in [4.69, 9.17) is 5.11 Å². The second-order valence-corrected chi connectivity index (χ2v) is 3.99. The SMILES string of the molecule is O=C(NC(C(=O)O)C1CC1)c1ccnc(F)c1. The fourth-order valence-electron chi connectivity index (χ4n) is 1.58. The zero-order valence-electron chi connectivity index (χ0n) is 8.89. The molecule has 0 aliphatic heterocycles. The Labute approximate surface area is 96.7 Å². The van der Waals surface area contributed by atoms with Crippen LogP contribution < -0.4 is 5.32 Å². The number of aliphatic carboxylic acids is 1. The number of hydrogen-bond donors (Lipinski definition) is 2. The molecule has 0 aromatic carbocycles. The smallest absolute Gasteiger partial charge is 0.326 e. The monoisotopic (exact) mass is 238 g/mol. The Kier molecular flexibility index (Phi) is 3.03. The molecule has 5 nitrogen and oxygen atoms in total. The highest BCUT2D eigenvalue weighted by molar-refractivity contribution is 5.96. The van der Waals surface area contributed by atoms with Gasteiger partial charge in [0.05, 0.1) is 0 Å². The third-order valence-corrected chi connectivity index (χ3v) is 2.63. The first-order valence-electron chi connectivity index (χ1n) is 5.23. The number of carboxylic acids is 1. The summed E-state index contributed by atoms with van der Waals surface area (Å²) in [7, 11) is 0. The molecule has 0 radical (unpaired) electrons.